The molecular weight excluding hydrogens is 274 g/mol. The molecule has 1 N–H and O–H groups in total. The van der Waals surface area contributed by atoms with Crippen molar-refractivity contribution in [3.63, 3.8) is 0 Å². The van der Waals surface area contributed by atoms with Crippen molar-refractivity contribution in [1.29, 1.82) is 0 Å². The number of halogens is 2. The van der Waals surface area contributed by atoms with Gasteiger partial charge in [-0.25, -0.2) is 8.78 Å². The van der Waals surface area contributed by atoms with Crippen LogP contribution in [0.3, 0.4) is 0 Å². The van der Waals surface area contributed by atoms with Crippen LogP contribution in [0.2, 0.25) is 0 Å². The van der Waals surface area contributed by atoms with Gasteiger partial charge in [-0.1, -0.05) is 36.4 Å². The van der Waals surface area contributed by atoms with Crippen LogP contribution in [0.15, 0.2) is 54.6 Å². The normalized spacial score (nSPS) is 10.8. The molecule has 0 saturated carbocycles. The Labute approximate surface area is 120 Å². The van der Waals surface area contributed by atoms with Crippen molar-refractivity contribution >= 4 is 10.8 Å². The van der Waals surface area contributed by atoms with E-state index in [1.165, 1.54) is 12.1 Å². The molecule has 0 atom stereocenters. The fraction of sp³-hybridized carbons (Fsp3) is 0.0588. The van der Waals surface area contributed by atoms with Crippen molar-refractivity contribution in [2.75, 3.05) is 0 Å². The highest BCUT2D eigenvalue weighted by molar-refractivity contribution is 5.85. The largest absolute Gasteiger partial charge is 0.504 e. The van der Waals surface area contributed by atoms with Crippen molar-refractivity contribution in [2.24, 2.45) is 0 Å². The molecule has 0 bridgehead atoms. The van der Waals surface area contributed by atoms with Crippen LogP contribution in [-0.2, 0) is 6.61 Å². The van der Waals surface area contributed by atoms with E-state index in [9.17, 15) is 13.9 Å². The van der Waals surface area contributed by atoms with Gasteiger partial charge in [0.1, 0.15) is 6.61 Å². The molecule has 0 heterocycles. The number of phenolic OH excluding ortho intramolecular Hbond substituents is 1. The van der Waals surface area contributed by atoms with Gasteiger partial charge in [0.2, 0.25) is 0 Å². The first kappa shape index (κ1) is 13.4. The Kier molecular flexibility index (Phi) is 3.44. The van der Waals surface area contributed by atoms with Gasteiger partial charge in [0, 0.05) is 5.56 Å². The van der Waals surface area contributed by atoms with E-state index in [1.54, 1.807) is 12.1 Å². The maximum atomic E-state index is 13.5. The molecule has 2 nitrogen and oxygen atoms in total. The highest BCUT2D eigenvalue weighted by Crippen LogP contribution is 2.32. The van der Waals surface area contributed by atoms with Crippen molar-refractivity contribution in [3.8, 4) is 11.5 Å². The molecule has 0 radical (unpaired) electrons. The summed E-state index contributed by atoms with van der Waals surface area (Å²) in [5.41, 5.74) is 0.0996. The Morgan fingerprint density at radius 2 is 1.62 bits per heavy atom. The zero-order valence-electron chi connectivity index (χ0n) is 11.0. The summed E-state index contributed by atoms with van der Waals surface area (Å²) < 4.78 is 32.1. The number of aromatic hydroxyl groups is 1. The minimum absolute atomic E-state index is 0.0366. The lowest BCUT2D eigenvalue weighted by molar-refractivity contribution is 0.282. The fourth-order valence-electron chi connectivity index (χ4n) is 2.14. The van der Waals surface area contributed by atoms with E-state index >= 15 is 0 Å². The van der Waals surface area contributed by atoms with Crippen LogP contribution in [0.1, 0.15) is 5.56 Å². The number of fused-ring (bicyclic) bond motifs is 1. The lowest BCUT2D eigenvalue weighted by Crippen LogP contribution is -2.00. The highest BCUT2D eigenvalue weighted by atomic mass is 19.2. The standard InChI is InChI=1S/C17H12F2O2/c18-14-7-3-6-13(17(14)19)10-21-16-9-12-5-2-1-4-11(12)8-15(16)20/h1-9,20H,10H2. The minimum atomic E-state index is -0.933. The second-order valence-corrected chi connectivity index (χ2v) is 4.67. The summed E-state index contributed by atoms with van der Waals surface area (Å²) in [5, 5.41) is 11.7. The second-order valence-electron chi connectivity index (χ2n) is 4.67. The van der Waals surface area contributed by atoms with Crippen molar-refractivity contribution in [3.05, 3.63) is 71.8 Å². The highest BCUT2D eigenvalue weighted by Gasteiger charge is 2.10. The van der Waals surface area contributed by atoms with Gasteiger partial charge in [-0.3, -0.25) is 0 Å². The topological polar surface area (TPSA) is 29.5 Å². The van der Waals surface area contributed by atoms with Gasteiger partial charge >= 0.3 is 0 Å². The summed E-state index contributed by atoms with van der Waals surface area (Å²) in [4.78, 5) is 0. The van der Waals surface area contributed by atoms with Crippen LogP contribution < -0.4 is 4.74 Å². The lowest BCUT2D eigenvalue weighted by Gasteiger charge is -2.10. The molecule has 0 aliphatic rings. The quantitative estimate of drug-likeness (QED) is 0.773. The Morgan fingerprint density at radius 3 is 2.38 bits per heavy atom. The molecule has 3 aromatic rings. The first-order valence-electron chi connectivity index (χ1n) is 6.42. The molecule has 0 aliphatic heterocycles. The summed E-state index contributed by atoms with van der Waals surface area (Å²) in [6.45, 7) is -0.157. The summed E-state index contributed by atoms with van der Waals surface area (Å²) in [7, 11) is 0. The zero-order valence-corrected chi connectivity index (χ0v) is 11.0. The minimum Gasteiger partial charge on any atom is -0.504 e. The molecule has 106 valence electrons. The molecule has 0 aromatic heterocycles. The molecule has 3 aromatic carbocycles. The van der Waals surface area contributed by atoms with Gasteiger partial charge < -0.3 is 9.84 Å². The van der Waals surface area contributed by atoms with Crippen molar-refractivity contribution in [2.45, 2.75) is 6.61 Å². The zero-order chi connectivity index (χ0) is 14.8. The smallest absolute Gasteiger partial charge is 0.165 e. The van der Waals surface area contributed by atoms with E-state index in [0.29, 0.717) is 0 Å². The van der Waals surface area contributed by atoms with Gasteiger partial charge in [0.05, 0.1) is 0 Å². The maximum absolute atomic E-state index is 13.5. The molecule has 4 heteroatoms. The number of benzene rings is 3. The predicted octanol–water partition coefficient (Wildman–Crippen LogP) is 4.40. The first-order chi connectivity index (χ1) is 10.1. The molecule has 0 aliphatic carbocycles. The third kappa shape index (κ3) is 2.65. The Hall–Kier alpha value is -2.62. The number of hydrogen-bond acceptors (Lipinski definition) is 2. The van der Waals surface area contributed by atoms with Crippen LogP contribution in [0.4, 0.5) is 8.78 Å². The third-order valence-corrected chi connectivity index (χ3v) is 3.24. The van der Waals surface area contributed by atoms with E-state index < -0.39 is 11.6 Å². The monoisotopic (exact) mass is 286 g/mol. The Balaban J connectivity index is 1.88. The number of ether oxygens (including phenoxy) is 1. The molecule has 0 spiro atoms. The van der Waals surface area contributed by atoms with Gasteiger partial charge in [-0.05, 0) is 29.0 Å². The van der Waals surface area contributed by atoms with E-state index in [1.807, 2.05) is 24.3 Å². The van der Waals surface area contributed by atoms with Crippen LogP contribution in [0, 0.1) is 11.6 Å². The average molecular weight is 286 g/mol. The molecule has 0 saturated heterocycles. The van der Waals surface area contributed by atoms with Gasteiger partial charge in [-0.2, -0.15) is 0 Å². The molecule has 0 unspecified atom stereocenters. The van der Waals surface area contributed by atoms with Gasteiger partial charge in [0.15, 0.2) is 23.1 Å². The number of phenols is 1. The van der Waals surface area contributed by atoms with Crippen LogP contribution >= 0.6 is 0 Å². The second kappa shape index (κ2) is 5.40. The van der Waals surface area contributed by atoms with Crippen molar-refractivity contribution in [1.82, 2.24) is 0 Å². The van der Waals surface area contributed by atoms with E-state index in [0.717, 1.165) is 16.8 Å². The first-order valence-corrected chi connectivity index (χ1v) is 6.42. The molecule has 21 heavy (non-hydrogen) atoms. The Bertz CT molecular complexity index is 800. The Morgan fingerprint density at radius 1 is 0.905 bits per heavy atom. The van der Waals surface area contributed by atoms with Crippen LogP contribution in [-0.4, -0.2) is 5.11 Å². The lowest BCUT2D eigenvalue weighted by atomic mass is 10.1. The third-order valence-electron chi connectivity index (χ3n) is 3.24. The van der Waals surface area contributed by atoms with Crippen molar-refractivity contribution < 1.29 is 18.6 Å². The molecule has 0 fully saturated rings. The maximum Gasteiger partial charge on any atom is 0.165 e. The average Bonchev–Trinajstić information content (AvgIpc) is 2.49. The fourth-order valence-corrected chi connectivity index (χ4v) is 2.14. The molecule has 3 rings (SSSR count). The van der Waals surface area contributed by atoms with E-state index in [-0.39, 0.29) is 23.7 Å². The summed E-state index contributed by atoms with van der Waals surface area (Å²) in [6.07, 6.45) is 0. The summed E-state index contributed by atoms with van der Waals surface area (Å²) in [6, 6.07) is 14.6. The van der Waals surface area contributed by atoms with Crippen LogP contribution in [0.5, 0.6) is 11.5 Å². The van der Waals surface area contributed by atoms with E-state index in [4.69, 9.17) is 4.74 Å². The predicted molar refractivity (Wildman–Crippen MR) is 76.3 cm³/mol. The van der Waals surface area contributed by atoms with Gasteiger partial charge in [0.25, 0.3) is 0 Å². The summed E-state index contributed by atoms with van der Waals surface area (Å²) in [5.74, 6) is -1.65. The van der Waals surface area contributed by atoms with E-state index in [2.05, 4.69) is 0 Å². The van der Waals surface area contributed by atoms with Crippen LogP contribution in [0.25, 0.3) is 10.8 Å². The SMILES string of the molecule is Oc1cc2ccccc2cc1OCc1cccc(F)c1F. The molecule has 0 amide bonds. The molecular formula is C17H12F2O2. The number of rotatable bonds is 3. The number of hydrogen-bond donors (Lipinski definition) is 1. The van der Waals surface area contributed by atoms with Gasteiger partial charge in [-0.15, -0.1) is 0 Å². The summed E-state index contributed by atoms with van der Waals surface area (Å²) >= 11 is 0.